The summed E-state index contributed by atoms with van der Waals surface area (Å²) in [4.78, 5) is 0. The molecule has 0 radical (unpaired) electrons. The zero-order chi connectivity index (χ0) is 9.82. The van der Waals surface area contributed by atoms with E-state index in [0.29, 0.717) is 0 Å². The predicted molar refractivity (Wildman–Crippen MR) is 53.3 cm³/mol. The first kappa shape index (κ1) is 14.4. The molecule has 2 nitrogen and oxygen atoms in total. The normalized spacial score (nSPS) is 11.8. The fraction of sp³-hybridized carbons (Fsp3) is 1.00. The van der Waals surface area contributed by atoms with Gasteiger partial charge in [0.05, 0.1) is 0 Å². The van der Waals surface area contributed by atoms with Gasteiger partial charge in [-0.05, 0) is 13.3 Å². The molecule has 0 N–H and O–H groups in total. The van der Waals surface area contributed by atoms with Crippen molar-refractivity contribution in [1.82, 2.24) is 0 Å². The second-order valence-electron chi connectivity index (χ2n) is 2.53. The largest absolute Gasteiger partial charge is 0.356 e. The molecule has 0 saturated carbocycles. The van der Waals surface area contributed by atoms with Crippen LogP contribution in [0.25, 0.3) is 0 Å². The molecule has 12 heavy (non-hydrogen) atoms. The maximum atomic E-state index is 5.12. The Morgan fingerprint density at radius 2 is 1.50 bits per heavy atom. The summed E-state index contributed by atoms with van der Waals surface area (Å²) in [6.07, 6.45) is 3.56. The molecule has 0 saturated heterocycles. The maximum absolute atomic E-state index is 5.12. The minimum atomic E-state index is -0.000000000000000444. The summed E-state index contributed by atoms with van der Waals surface area (Å²) < 4.78 is 10.0. The van der Waals surface area contributed by atoms with Crippen LogP contribution in [0.3, 0.4) is 0 Å². The van der Waals surface area contributed by atoms with Crippen LogP contribution in [0.1, 0.15) is 47.0 Å². The van der Waals surface area contributed by atoms with Crippen LogP contribution in [0.5, 0.6) is 0 Å². The Balaban J connectivity index is 0. The minimum absolute atomic E-state index is 0.000000000000000444. The van der Waals surface area contributed by atoms with Gasteiger partial charge in [-0.1, -0.05) is 33.6 Å². The lowest BCUT2D eigenvalue weighted by molar-refractivity contribution is -0.120. The molecule has 0 aromatic rings. The van der Waals surface area contributed by atoms with Gasteiger partial charge in [0.1, 0.15) is 0 Å². The molecule has 0 aromatic carbocycles. The molecule has 0 aliphatic carbocycles. The molecule has 0 spiro atoms. The lowest BCUT2D eigenvalue weighted by Crippen LogP contribution is -2.12. The van der Waals surface area contributed by atoms with Crippen molar-refractivity contribution in [1.29, 1.82) is 0 Å². The Morgan fingerprint density at radius 1 is 1.00 bits per heavy atom. The van der Waals surface area contributed by atoms with Crippen LogP contribution in [0.2, 0.25) is 0 Å². The quantitative estimate of drug-likeness (QED) is 0.599. The van der Waals surface area contributed by atoms with Gasteiger partial charge in [-0.25, -0.2) is 0 Å². The van der Waals surface area contributed by atoms with Crippen molar-refractivity contribution in [2.75, 3.05) is 13.7 Å². The summed E-state index contributed by atoms with van der Waals surface area (Å²) in [7, 11) is 1.66. The summed E-state index contributed by atoms with van der Waals surface area (Å²) in [6.45, 7) is 9.08. The first-order valence-corrected chi connectivity index (χ1v) is 4.91. The van der Waals surface area contributed by atoms with Gasteiger partial charge in [0.15, 0.2) is 6.29 Å². The van der Waals surface area contributed by atoms with Gasteiger partial charge in [-0.2, -0.15) is 0 Å². The molecule has 0 amide bonds. The molecular weight excluding hydrogens is 152 g/mol. The van der Waals surface area contributed by atoms with Crippen LogP contribution in [-0.2, 0) is 9.47 Å². The second-order valence-corrected chi connectivity index (χ2v) is 2.53. The van der Waals surface area contributed by atoms with Crippen molar-refractivity contribution < 1.29 is 9.47 Å². The van der Waals surface area contributed by atoms with E-state index in [-0.39, 0.29) is 6.29 Å². The number of hydrogen-bond donors (Lipinski definition) is 0. The fourth-order valence-corrected chi connectivity index (χ4v) is 0.538. The van der Waals surface area contributed by atoms with E-state index < -0.39 is 0 Å². The van der Waals surface area contributed by atoms with Crippen molar-refractivity contribution in [2.45, 2.75) is 53.2 Å². The van der Waals surface area contributed by atoms with Crippen LogP contribution < -0.4 is 0 Å². The van der Waals surface area contributed by atoms with Gasteiger partial charge in [0.2, 0.25) is 0 Å². The monoisotopic (exact) mass is 176 g/mol. The topological polar surface area (TPSA) is 18.5 Å². The number of unbranched alkanes of at least 4 members (excludes halogenated alkanes) is 1. The van der Waals surface area contributed by atoms with Crippen molar-refractivity contribution in [2.24, 2.45) is 0 Å². The molecule has 2 heteroatoms. The third-order valence-corrected chi connectivity index (χ3v) is 1.45. The highest BCUT2D eigenvalue weighted by molar-refractivity contribution is 4.34. The summed E-state index contributed by atoms with van der Waals surface area (Å²) in [6, 6.07) is 0. The van der Waals surface area contributed by atoms with Crippen LogP contribution in [-0.4, -0.2) is 20.0 Å². The van der Waals surface area contributed by atoms with Crippen molar-refractivity contribution >= 4 is 0 Å². The number of hydrogen-bond acceptors (Lipinski definition) is 2. The van der Waals surface area contributed by atoms with E-state index in [9.17, 15) is 0 Å². The molecular formula is C10H24O2. The predicted octanol–water partition coefficient (Wildman–Crippen LogP) is 3.21. The van der Waals surface area contributed by atoms with Crippen LogP contribution >= 0.6 is 0 Å². The molecule has 76 valence electrons. The summed E-state index contributed by atoms with van der Waals surface area (Å²) in [5, 5.41) is 0. The molecule has 0 bridgehead atoms. The highest BCUT2D eigenvalue weighted by Crippen LogP contribution is 1.96. The van der Waals surface area contributed by atoms with Crippen LogP contribution in [0.4, 0.5) is 0 Å². The van der Waals surface area contributed by atoms with Gasteiger partial charge >= 0.3 is 0 Å². The summed E-state index contributed by atoms with van der Waals surface area (Å²) in [5.74, 6) is 0. The third-order valence-electron chi connectivity index (χ3n) is 1.45. The second kappa shape index (κ2) is 13.5. The number of methoxy groups -OCH3 is 1. The van der Waals surface area contributed by atoms with Gasteiger partial charge in [-0.15, -0.1) is 0 Å². The van der Waals surface area contributed by atoms with Gasteiger partial charge in [-0.3, -0.25) is 0 Å². The van der Waals surface area contributed by atoms with Crippen molar-refractivity contribution in [3.63, 3.8) is 0 Å². The van der Waals surface area contributed by atoms with Gasteiger partial charge in [0.25, 0.3) is 0 Å². The van der Waals surface area contributed by atoms with E-state index in [4.69, 9.17) is 9.47 Å². The molecule has 0 aromatic heterocycles. The SMILES string of the molecule is CCCC.CCOC(CC)OC. The summed E-state index contributed by atoms with van der Waals surface area (Å²) in [5.41, 5.74) is 0. The van der Waals surface area contributed by atoms with Crippen molar-refractivity contribution in [3.05, 3.63) is 0 Å². The maximum Gasteiger partial charge on any atom is 0.156 e. The molecule has 0 rings (SSSR count). The smallest absolute Gasteiger partial charge is 0.156 e. The van der Waals surface area contributed by atoms with Gasteiger partial charge in [0, 0.05) is 13.7 Å². The van der Waals surface area contributed by atoms with Crippen LogP contribution in [0.15, 0.2) is 0 Å². The Bertz CT molecular complexity index is 58.9. The average molecular weight is 176 g/mol. The Hall–Kier alpha value is -0.0800. The number of rotatable bonds is 5. The molecule has 0 heterocycles. The molecule has 1 unspecified atom stereocenters. The lowest BCUT2D eigenvalue weighted by Gasteiger charge is -2.11. The Morgan fingerprint density at radius 3 is 1.58 bits per heavy atom. The Labute approximate surface area is 77.3 Å². The van der Waals surface area contributed by atoms with E-state index in [2.05, 4.69) is 13.8 Å². The van der Waals surface area contributed by atoms with Crippen LogP contribution in [0, 0.1) is 0 Å². The van der Waals surface area contributed by atoms with E-state index in [1.54, 1.807) is 7.11 Å². The molecule has 0 fully saturated rings. The molecule has 0 aliphatic rings. The zero-order valence-electron chi connectivity index (χ0n) is 9.22. The zero-order valence-corrected chi connectivity index (χ0v) is 9.22. The van der Waals surface area contributed by atoms with E-state index >= 15 is 0 Å². The Kier molecular flexibility index (Phi) is 16.3. The highest BCUT2D eigenvalue weighted by atomic mass is 16.7. The van der Waals surface area contributed by atoms with E-state index in [1.807, 2.05) is 13.8 Å². The minimum Gasteiger partial charge on any atom is -0.356 e. The van der Waals surface area contributed by atoms with E-state index in [0.717, 1.165) is 13.0 Å². The molecule has 1 atom stereocenters. The lowest BCUT2D eigenvalue weighted by atomic mass is 10.4. The standard InChI is InChI=1S/C6H14O2.C4H10/c1-4-6(7-3)8-5-2;1-3-4-2/h6H,4-5H2,1-3H3;3-4H2,1-2H3. The third kappa shape index (κ3) is 12.6. The summed E-state index contributed by atoms with van der Waals surface area (Å²) >= 11 is 0. The average Bonchev–Trinajstić information content (AvgIpc) is 2.14. The fourth-order valence-electron chi connectivity index (χ4n) is 0.538. The first-order chi connectivity index (χ1) is 5.76. The van der Waals surface area contributed by atoms with Gasteiger partial charge < -0.3 is 9.47 Å². The number of ether oxygens (including phenoxy) is 2. The molecule has 0 aliphatic heterocycles. The highest BCUT2D eigenvalue weighted by Gasteiger charge is 1.99. The van der Waals surface area contributed by atoms with E-state index in [1.165, 1.54) is 12.8 Å². The van der Waals surface area contributed by atoms with Crippen molar-refractivity contribution in [3.8, 4) is 0 Å². The first-order valence-electron chi connectivity index (χ1n) is 4.91.